The second-order valence-electron chi connectivity index (χ2n) is 4.78. The van der Waals surface area contributed by atoms with Crippen molar-refractivity contribution in [2.75, 3.05) is 20.1 Å². The average Bonchev–Trinajstić information content (AvgIpc) is 2.31. The van der Waals surface area contributed by atoms with Crippen LogP contribution in [0, 0.1) is 5.92 Å². The van der Waals surface area contributed by atoms with Crippen molar-refractivity contribution < 1.29 is 0 Å². The smallest absolute Gasteiger partial charge is 0.0427 e. The highest BCUT2D eigenvalue weighted by Gasteiger charge is 2.26. The van der Waals surface area contributed by atoms with Crippen molar-refractivity contribution >= 4 is 0 Å². The molecular formula is C13H27N3. The molecule has 0 aromatic rings. The number of nitrogens with two attached hydrogens (primary N) is 1. The molecule has 3 N–H and O–H groups in total. The molecule has 3 nitrogen and oxygen atoms in total. The maximum absolute atomic E-state index is 5.81. The first-order valence-corrected chi connectivity index (χ1v) is 6.51. The van der Waals surface area contributed by atoms with Gasteiger partial charge in [-0.15, -0.1) is 0 Å². The van der Waals surface area contributed by atoms with Crippen molar-refractivity contribution in [1.82, 2.24) is 10.4 Å². The van der Waals surface area contributed by atoms with Crippen molar-refractivity contribution in [3.63, 3.8) is 0 Å². The summed E-state index contributed by atoms with van der Waals surface area (Å²) in [5, 5.41) is 2.33. The molecule has 1 aliphatic rings. The molecule has 1 heterocycles. The lowest BCUT2D eigenvalue weighted by Crippen LogP contribution is -2.47. The summed E-state index contributed by atoms with van der Waals surface area (Å²) in [5.41, 5.74) is 12.3. The zero-order valence-corrected chi connectivity index (χ0v) is 11.2. The number of nitrogens with zero attached hydrogens (tertiary/aromatic N) is 1. The average molecular weight is 225 g/mol. The van der Waals surface area contributed by atoms with Crippen LogP contribution in [0.15, 0.2) is 11.1 Å². The van der Waals surface area contributed by atoms with E-state index in [-0.39, 0.29) is 0 Å². The van der Waals surface area contributed by atoms with Crippen LogP contribution in [0.5, 0.6) is 0 Å². The molecule has 0 saturated heterocycles. The van der Waals surface area contributed by atoms with Crippen LogP contribution in [0.3, 0.4) is 0 Å². The van der Waals surface area contributed by atoms with Gasteiger partial charge < -0.3 is 5.73 Å². The summed E-state index contributed by atoms with van der Waals surface area (Å²) < 4.78 is 0. The van der Waals surface area contributed by atoms with E-state index in [9.17, 15) is 0 Å². The fourth-order valence-corrected chi connectivity index (χ4v) is 2.70. The topological polar surface area (TPSA) is 41.3 Å². The molecule has 2 atom stereocenters. The molecule has 94 valence electrons. The van der Waals surface area contributed by atoms with Gasteiger partial charge in [-0.1, -0.05) is 31.4 Å². The number of hydrazine groups is 1. The lowest BCUT2D eigenvalue weighted by Gasteiger charge is -2.38. The third-order valence-electron chi connectivity index (χ3n) is 3.76. The van der Waals surface area contributed by atoms with Crippen LogP contribution < -0.4 is 11.2 Å². The van der Waals surface area contributed by atoms with Gasteiger partial charge in [-0.3, -0.25) is 5.43 Å². The first kappa shape index (κ1) is 13.7. The molecule has 0 spiro atoms. The Morgan fingerprint density at radius 3 is 2.75 bits per heavy atom. The zero-order chi connectivity index (χ0) is 12.1. The first-order valence-electron chi connectivity index (χ1n) is 6.51. The van der Waals surface area contributed by atoms with E-state index >= 15 is 0 Å². The standard InChI is InChI=1S/C13H27N3/c1-5-6-13-11(3)16(15-4)8-7-12(13)10(2)9-14/h10-11,15H,5-9,14H2,1-4H3/t10?,11-/m1/s1. The molecule has 1 rings (SSSR count). The van der Waals surface area contributed by atoms with Gasteiger partial charge in [-0.05, 0) is 39.3 Å². The van der Waals surface area contributed by atoms with Gasteiger partial charge in [0, 0.05) is 12.6 Å². The van der Waals surface area contributed by atoms with E-state index in [1.807, 2.05) is 7.05 Å². The fourth-order valence-electron chi connectivity index (χ4n) is 2.70. The maximum atomic E-state index is 5.81. The Balaban J connectivity index is 2.92. The third-order valence-corrected chi connectivity index (χ3v) is 3.76. The minimum atomic E-state index is 0.516. The molecule has 0 amide bonds. The van der Waals surface area contributed by atoms with Gasteiger partial charge in [0.2, 0.25) is 0 Å². The zero-order valence-electron chi connectivity index (χ0n) is 11.2. The van der Waals surface area contributed by atoms with E-state index in [1.54, 1.807) is 11.1 Å². The highest BCUT2D eigenvalue weighted by molar-refractivity contribution is 5.24. The monoisotopic (exact) mass is 225 g/mol. The predicted molar refractivity (Wildman–Crippen MR) is 70.0 cm³/mol. The molecule has 0 saturated carbocycles. The van der Waals surface area contributed by atoms with Gasteiger partial charge >= 0.3 is 0 Å². The van der Waals surface area contributed by atoms with E-state index in [2.05, 4.69) is 31.2 Å². The van der Waals surface area contributed by atoms with E-state index in [4.69, 9.17) is 5.73 Å². The fraction of sp³-hybridized carbons (Fsp3) is 0.846. The molecular weight excluding hydrogens is 198 g/mol. The van der Waals surface area contributed by atoms with Crippen LogP contribution in [0.4, 0.5) is 0 Å². The third kappa shape index (κ3) is 2.84. The Kier molecular flexibility index (Phi) is 5.46. The Bertz CT molecular complexity index is 248. The number of rotatable bonds is 5. The minimum absolute atomic E-state index is 0.516. The molecule has 0 aliphatic carbocycles. The van der Waals surface area contributed by atoms with E-state index in [1.165, 1.54) is 19.3 Å². The normalized spacial score (nSPS) is 24.9. The molecule has 0 aromatic heterocycles. The number of hydrogen-bond acceptors (Lipinski definition) is 3. The molecule has 0 aromatic carbocycles. The minimum Gasteiger partial charge on any atom is -0.330 e. The van der Waals surface area contributed by atoms with Crippen LogP contribution in [0.2, 0.25) is 0 Å². The quantitative estimate of drug-likeness (QED) is 0.702. The number of hydrogen-bond donors (Lipinski definition) is 2. The van der Waals surface area contributed by atoms with Gasteiger partial charge in [-0.25, -0.2) is 5.01 Å². The van der Waals surface area contributed by atoms with E-state index < -0.39 is 0 Å². The molecule has 1 aliphatic heterocycles. The Labute approximate surface area is 100 Å². The van der Waals surface area contributed by atoms with Crippen molar-refractivity contribution in [1.29, 1.82) is 0 Å². The molecule has 3 heteroatoms. The summed E-state index contributed by atoms with van der Waals surface area (Å²) in [6, 6.07) is 0.516. The van der Waals surface area contributed by atoms with Crippen LogP contribution >= 0.6 is 0 Å². The second kappa shape index (κ2) is 6.38. The van der Waals surface area contributed by atoms with Crippen molar-refractivity contribution in [3.05, 3.63) is 11.1 Å². The summed E-state index contributed by atoms with van der Waals surface area (Å²) in [5.74, 6) is 0.544. The highest BCUT2D eigenvalue weighted by Crippen LogP contribution is 2.30. The van der Waals surface area contributed by atoms with Gasteiger partial charge in [0.05, 0.1) is 0 Å². The summed E-state index contributed by atoms with van der Waals surface area (Å²) in [6.07, 6.45) is 3.59. The Hall–Kier alpha value is -0.380. The van der Waals surface area contributed by atoms with Gasteiger partial charge in [0.1, 0.15) is 0 Å². The van der Waals surface area contributed by atoms with Crippen LogP contribution in [-0.4, -0.2) is 31.2 Å². The van der Waals surface area contributed by atoms with Gasteiger partial charge in [-0.2, -0.15) is 0 Å². The van der Waals surface area contributed by atoms with E-state index in [0.717, 1.165) is 13.1 Å². The Morgan fingerprint density at radius 1 is 1.56 bits per heavy atom. The summed E-state index contributed by atoms with van der Waals surface area (Å²) >= 11 is 0. The first-order chi connectivity index (χ1) is 7.65. The SMILES string of the molecule is CCCC1=C(C(C)CN)CCN(NC)[C@@H]1C. The second-order valence-corrected chi connectivity index (χ2v) is 4.78. The van der Waals surface area contributed by atoms with Crippen molar-refractivity contribution in [2.45, 2.75) is 46.1 Å². The van der Waals surface area contributed by atoms with Crippen LogP contribution in [-0.2, 0) is 0 Å². The Morgan fingerprint density at radius 2 is 2.25 bits per heavy atom. The summed E-state index contributed by atoms with van der Waals surface area (Å²) in [6.45, 7) is 8.68. The summed E-state index contributed by atoms with van der Waals surface area (Å²) in [4.78, 5) is 0. The molecule has 0 fully saturated rings. The van der Waals surface area contributed by atoms with Crippen molar-refractivity contribution in [2.24, 2.45) is 11.7 Å². The molecule has 0 radical (unpaired) electrons. The summed E-state index contributed by atoms with van der Waals surface area (Å²) in [7, 11) is 2.01. The number of nitrogens with one attached hydrogen (secondary N) is 1. The van der Waals surface area contributed by atoms with Crippen molar-refractivity contribution in [3.8, 4) is 0 Å². The lowest BCUT2D eigenvalue weighted by molar-refractivity contribution is 0.154. The van der Waals surface area contributed by atoms with Gasteiger partial charge in [0.25, 0.3) is 0 Å². The molecule has 1 unspecified atom stereocenters. The van der Waals surface area contributed by atoms with Gasteiger partial charge in [0.15, 0.2) is 0 Å². The maximum Gasteiger partial charge on any atom is 0.0427 e. The predicted octanol–water partition coefficient (Wildman–Crippen LogP) is 1.91. The van der Waals surface area contributed by atoms with E-state index in [0.29, 0.717) is 12.0 Å². The lowest BCUT2D eigenvalue weighted by atomic mass is 9.84. The van der Waals surface area contributed by atoms with Crippen LogP contribution in [0.25, 0.3) is 0 Å². The highest BCUT2D eigenvalue weighted by atomic mass is 15.5. The molecule has 16 heavy (non-hydrogen) atoms. The molecule has 0 bridgehead atoms. The largest absolute Gasteiger partial charge is 0.330 e. The van der Waals surface area contributed by atoms with Crippen LogP contribution in [0.1, 0.15) is 40.0 Å².